The van der Waals surface area contributed by atoms with Crippen molar-refractivity contribution in [1.29, 1.82) is 0 Å². The minimum Gasteiger partial charge on any atom is -0.463 e. The predicted octanol–water partition coefficient (Wildman–Crippen LogP) is 7.16. The van der Waals surface area contributed by atoms with Gasteiger partial charge in [0, 0.05) is 27.2 Å². The molecule has 0 saturated heterocycles. The number of carbonyl (C=O) groups excluding carboxylic acids is 1. The molecular weight excluding hydrogens is 615 g/mol. The van der Waals surface area contributed by atoms with Crippen LogP contribution >= 0.6 is 46.1 Å². The number of hydrogen-bond acceptors (Lipinski definition) is 6. The van der Waals surface area contributed by atoms with Crippen molar-refractivity contribution < 1.29 is 13.9 Å². The first-order valence-electron chi connectivity index (χ1n) is 12.9. The van der Waals surface area contributed by atoms with Gasteiger partial charge in [0.2, 0.25) is 0 Å². The summed E-state index contributed by atoms with van der Waals surface area (Å²) in [4.78, 5) is 32.8. The highest BCUT2D eigenvalue weighted by Crippen LogP contribution is 2.36. The third kappa shape index (κ3) is 5.37. The molecule has 1 atom stereocenters. The van der Waals surface area contributed by atoms with E-state index in [1.165, 1.54) is 15.9 Å². The number of furan rings is 1. The summed E-state index contributed by atoms with van der Waals surface area (Å²) < 4.78 is 13.4. The van der Waals surface area contributed by atoms with Gasteiger partial charge in [-0.2, -0.15) is 0 Å². The topological polar surface area (TPSA) is 73.8 Å². The maximum Gasteiger partial charge on any atom is 0.338 e. The summed E-state index contributed by atoms with van der Waals surface area (Å²) in [5.41, 5.74) is 2.43. The molecule has 6 nitrogen and oxygen atoms in total. The van der Waals surface area contributed by atoms with Gasteiger partial charge < -0.3 is 9.15 Å². The molecule has 3 heterocycles. The first-order valence-corrected chi connectivity index (χ1v) is 14.9. The molecule has 0 radical (unpaired) electrons. The van der Waals surface area contributed by atoms with Crippen LogP contribution in [-0.2, 0) is 9.53 Å². The Bertz CT molecular complexity index is 2030. The largest absolute Gasteiger partial charge is 0.463 e. The molecule has 1 aliphatic heterocycles. The average molecular weight is 636 g/mol. The average Bonchev–Trinajstić information content (AvgIpc) is 3.58. The van der Waals surface area contributed by atoms with E-state index in [9.17, 15) is 9.59 Å². The molecule has 2 aromatic heterocycles. The lowest BCUT2D eigenvalue weighted by molar-refractivity contribution is -0.138. The van der Waals surface area contributed by atoms with Gasteiger partial charge in [-0.1, -0.05) is 88.6 Å². The number of halogens is 3. The third-order valence-corrected chi connectivity index (χ3v) is 8.45. The molecule has 0 N–H and O–H groups in total. The highest BCUT2D eigenvalue weighted by atomic mass is 35.5. The van der Waals surface area contributed by atoms with Gasteiger partial charge in [0.1, 0.15) is 11.5 Å². The maximum absolute atomic E-state index is 14.0. The van der Waals surface area contributed by atoms with Crippen LogP contribution < -0.4 is 14.9 Å². The van der Waals surface area contributed by atoms with Crippen LogP contribution in [0.3, 0.4) is 0 Å². The number of nitrogens with zero attached hydrogens (tertiary/aromatic N) is 2. The fourth-order valence-electron chi connectivity index (χ4n) is 4.79. The van der Waals surface area contributed by atoms with E-state index in [1.54, 1.807) is 67.6 Å². The number of esters is 1. The van der Waals surface area contributed by atoms with E-state index in [4.69, 9.17) is 48.9 Å². The Kier molecular flexibility index (Phi) is 7.92. The van der Waals surface area contributed by atoms with E-state index in [2.05, 4.69) is 0 Å². The SMILES string of the molecule is CCOC(=O)C1=C(c2ccccc2)N=c2sc(=Cc3ccc(-c4cc(Cl)ccc4Cl)o3)c(=O)n2C1c1ccc(Cl)cc1. The van der Waals surface area contributed by atoms with Crippen LogP contribution in [0.4, 0.5) is 0 Å². The highest BCUT2D eigenvalue weighted by Gasteiger charge is 2.35. The first-order chi connectivity index (χ1) is 20.3. The van der Waals surface area contributed by atoms with Crippen molar-refractivity contribution in [3.8, 4) is 11.3 Å². The Balaban J connectivity index is 1.56. The molecule has 0 fully saturated rings. The first kappa shape index (κ1) is 28.2. The van der Waals surface area contributed by atoms with E-state index in [0.717, 1.165) is 5.56 Å². The molecule has 0 aliphatic carbocycles. The number of hydrogen-bond donors (Lipinski definition) is 0. The summed E-state index contributed by atoms with van der Waals surface area (Å²) in [6.07, 6.45) is 1.65. The molecule has 5 aromatic rings. The Morgan fingerprint density at radius 1 is 1.00 bits per heavy atom. The normalized spacial score (nSPS) is 15.0. The molecule has 210 valence electrons. The van der Waals surface area contributed by atoms with Gasteiger partial charge in [0.25, 0.3) is 5.56 Å². The van der Waals surface area contributed by atoms with Crippen molar-refractivity contribution in [2.24, 2.45) is 4.99 Å². The van der Waals surface area contributed by atoms with Gasteiger partial charge >= 0.3 is 5.97 Å². The molecule has 0 saturated carbocycles. The van der Waals surface area contributed by atoms with Crippen LogP contribution in [0.25, 0.3) is 23.1 Å². The minimum atomic E-state index is -0.799. The van der Waals surface area contributed by atoms with E-state index in [1.807, 2.05) is 30.3 Å². The van der Waals surface area contributed by atoms with Crippen molar-refractivity contribution >= 4 is 63.9 Å². The van der Waals surface area contributed by atoms with Crippen LogP contribution in [0.1, 0.15) is 29.9 Å². The Hall–Kier alpha value is -3.88. The van der Waals surface area contributed by atoms with Gasteiger partial charge in [0.15, 0.2) is 4.80 Å². The van der Waals surface area contributed by atoms with E-state index in [0.29, 0.717) is 52.7 Å². The lowest BCUT2D eigenvalue weighted by Crippen LogP contribution is -2.39. The second-order valence-electron chi connectivity index (χ2n) is 9.31. The van der Waals surface area contributed by atoms with Crippen LogP contribution in [0.15, 0.2) is 105 Å². The molecule has 0 spiro atoms. The Morgan fingerprint density at radius 3 is 2.48 bits per heavy atom. The summed E-state index contributed by atoms with van der Waals surface area (Å²) in [6, 6.07) is 24.2. The Labute approximate surface area is 259 Å². The second kappa shape index (κ2) is 11.8. The zero-order valence-corrected chi connectivity index (χ0v) is 25.1. The number of ether oxygens (including phenoxy) is 1. The number of fused-ring (bicyclic) bond motifs is 1. The lowest BCUT2D eigenvalue weighted by atomic mass is 9.93. The molecule has 1 aliphatic rings. The Morgan fingerprint density at radius 2 is 1.74 bits per heavy atom. The van der Waals surface area contributed by atoms with Crippen molar-refractivity contribution in [1.82, 2.24) is 4.57 Å². The van der Waals surface area contributed by atoms with Crippen LogP contribution in [0.5, 0.6) is 0 Å². The lowest BCUT2D eigenvalue weighted by Gasteiger charge is -2.25. The molecular formula is C32H21Cl3N2O4S. The second-order valence-corrected chi connectivity index (χ2v) is 11.6. The van der Waals surface area contributed by atoms with Gasteiger partial charge in [-0.15, -0.1) is 0 Å². The van der Waals surface area contributed by atoms with Crippen molar-refractivity contribution in [3.63, 3.8) is 0 Å². The zero-order valence-electron chi connectivity index (χ0n) is 22.0. The third-order valence-electron chi connectivity index (χ3n) is 6.65. The highest BCUT2D eigenvalue weighted by molar-refractivity contribution is 7.07. The molecule has 10 heteroatoms. The summed E-state index contributed by atoms with van der Waals surface area (Å²) >= 11 is 19.9. The molecule has 0 bridgehead atoms. The van der Waals surface area contributed by atoms with Crippen molar-refractivity contribution in [3.05, 3.63) is 142 Å². The standard InChI is InChI=1S/C32H21Cl3N2O4S/c1-2-40-31(39)27-28(18-6-4-3-5-7-18)36-32-37(29(27)19-8-10-20(33)11-9-19)30(38)26(42-32)17-22-13-15-25(41-22)23-16-21(34)12-14-24(23)35/h3-17,29H,2H2,1H3. The van der Waals surface area contributed by atoms with Gasteiger partial charge in [0.05, 0.1) is 33.5 Å². The number of carbonyl (C=O) groups is 1. The monoisotopic (exact) mass is 634 g/mol. The zero-order chi connectivity index (χ0) is 29.4. The number of rotatable bonds is 6. The smallest absolute Gasteiger partial charge is 0.338 e. The van der Waals surface area contributed by atoms with Gasteiger partial charge in [-0.05, 0) is 55.0 Å². The fraction of sp³-hybridized carbons (Fsp3) is 0.0938. The van der Waals surface area contributed by atoms with Gasteiger partial charge in [-0.3, -0.25) is 9.36 Å². The molecule has 1 unspecified atom stereocenters. The molecule has 3 aromatic carbocycles. The van der Waals surface area contributed by atoms with E-state index in [-0.39, 0.29) is 17.7 Å². The maximum atomic E-state index is 14.0. The summed E-state index contributed by atoms with van der Waals surface area (Å²) in [6.45, 7) is 1.90. The van der Waals surface area contributed by atoms with Crippen LogP contribution in [-0.4, -0.2) is 17.1 Å². The number of benzene rings is 3. The fourth-order valence-corrected chi connectivity index (χ4v) is 6.28. The van der Waals surface area contributed by atoms with Crippen LogP contribution in [0, 0.1) is 0 Å². The summed E-state index contributed by atoms with van der Waals surface area (Å²) in [7, 11) is 0. The molecule has 6 rings (SSSR count). The minimum absolute atomic E-state index is 0.166. The van der Waals surface area contributed by atoms with Crippen LogP contribution in [0.2, 0.25) is 15.1 Å². The molecule has 0 amide bonds. The van der Waals surface area contributed by atoms with E-state index >= 15 is 0 Å². The summed E-state index contributed by atoms with van der Waals surface area (Å²) in [5, 5.41) is 1.54. The van der Waals surface area contributed by atoms with Crippen molar-refractivity contribution in [2.45, 2.75) is 13.0 Å². The van der Waals surface area contributed by atoms with Crippen molar-refractivity contribution in [2.75, 3.05) is 6.61 Å². The number of thiazole rings is 1. The quantitative estimate of drug-likeness (QED) is 0.186. The summed E-state index contributed by atoms with van der Waals surface area (Å²) in [5.74, 6) is 0.405. The van der Waals surface area contributed by atoms with Gasteiger partial charge in [-0.25, -0.2) is 9.79 Å². The number of aromatic nitrogens is 1. The van der Waals surface area contributed by atoms with E-state index < -0.39 is 12.0 Å². The molecule has 42 heavy (non-hydrogen) atoms. The predicted molar refractivity (Wildman–Crippen MR) is 167 cm³/mol.